The van der Waals surface area contributed by atoms with Gasteiger partial charge in [0.15, 0.2) is 0 Å². The van der Waals surface area contributed by atoms with Crippen molar-refractivity contribution in [3.05, 3.63) is 0 Å². The SMILES string of the molecule is CCCCCCCCCCC(O)CNCCNCCCNCCCCC(O)CCCCCCCNCC. The van der Waals surface area contributed by atoms with Crippen LogP contribution < -0.4 is 21.3 Å². The van der Waals surface area contributed by atoms with Gasteiger partial charge in [-0.05, 0) is 77.7 Å². The molecule has 0 spiro atoms. The minimum Gasteiger partial charge on any atom is -0.393 e. The maximum absolute atomic E-state index is 10.1. The number of unbranched alkanes of at least 4 members (excludes halogenated alkanes) is 12. The first kappa shape index (κ1) is 36.8. The third-order valence-electron chi connectivity index (χ3n) is 7.24. The topological polar surface area (TPSA) is 88.6 Å². The van der Waals surface area contributed by atoms with E-state index < -0.39 is 0 Å². The molecule has 0 aromatic rings. The van der Waals surface area contributed by atoms with Gasteiger partial charge in [-0.3, -0.25) is 0 Å². The third kappa shape index (κ3) is 31.9. The van der Waals surface area contributed by atoms with Gasteiger partial charge in [0.1, 0.15) is 0 Å². The summed E-state index contributed by atoms with van der Waals surface area (Å²) < 4.78 is 0. The highest BCUT2D eigenvalue weighted by molar-refractivity contribution is 4.62. The van der Waals surface area contributed by atoms with Crippen molar-refractivity contribution in [2.45, 2.75) is 148 Å². The molecule has 37 heavy (non-hydrogen) atoms. The summed E-state index contributed by atoms with van der Waals surface area (Å²) in [7, 11) is 0. The molecule has 6 N–H and O–H groups in total. The lowest BCUT2D eigenvalue weighted by Gasteiger charge is -2.12. The summed E-state index contributed by atoms with van der Waals surface area (Å²) in [6.45, 7) is 12.4. The predicted octanol–water partition coefficient (Wildman–Crippen LogP) is 5.52. The molecule has 0 aromatic carbocycles. The van der Waals surface area contributed by atoms with Gasteiger partial charge in [-0.1, -0.05) is 90.9 Å². The quantitative estimate of drug-likeness (QED) is 0.0645. The first-order valence-electron chi connectivity index (χ1n) is 16.4. The Morgan fingerprint density at radius 1 is 0.405 bits per heavy atom. The van der Waals surface area contributed by atoms with Crippen molar-refractivity contribution in [2.24, 2.45) is 0 Å². The van der Waals surface area contributed by atoms with E-state index in [2.05, 4.69) is 35.1 Å². The van der Waals surface area contributed by atoms with Gasteiger partial charge in [0.2, 0.25) is 0 Å². The van der Waals surface area contributed by atoms with Crippen molar-refractivity contribution in [3.63, 3.8) is 0 Å². The van der Waals surface area contributed by atoms with Crippen molar-refractivity contribution in [3.8, 4) is 0 Å². The number of aliphatic hydroxyl groups excluding tert-OH is 2. The molecule has 0 aliphatic heterocycles. The van der Waals surface area contributed by atoms with Gasteiger partial charge < -0.3 is 31.5 Å². The molecule has 0 amide bonds. The van der Waals surface area contributed by atoms with Gasteiger partial charge >= 0.3 is 0 Å². The Labute approximate surface area is 231 Å². The summed E-state index contributed by atoms with van der Waals surface area (Å²) in [6, 6.07) is 0. The van der Waals surface area contributed by atoms with Crippen LogP contribution in [0.25, 0.3) is 0 Å². The van der Waals surface area contributed by atoms with Crippen molar-refractivity contribution >= 4 is 0 Å². The van der Waals surface area contributed by atoms with Crippen LogP contribution in [0.15, 0.2) is 0 Å². The molecule has 0 saturated heterocycles. The van der Waals surface area contributed by atoms with Crippen LogP contribution in [-0.4, -0.2) is 74.8 Å². The smallest absolute Gasteiger partial charge is 0.0664 e. The standard InChI is InChI=1S/C31H68N4O2/c1-3-5-6-7-8-9-11-15-22-31(37)29-35-28-27-34-26-19-25-33-24-18-16-21-30(36)20-14-12-10-13-17-23-32-4-2/h30-37H,3-29H2,1-2H3. The molecule has 6 heteroatoms. The van der Waals surface area contributed by atoms with Crippen molar-refractivity contribution < 1.29 is 10.2 Å². The Morgan fingerprint density at radius 3 is 1.49 bits per heavy atom. The molecule has 0 aliphatic carbocycles. The summed E-state index contributed by atoms with van der Waals surface area (Å²) in [4.78, 5) is 0. The zero-order valence-electron chi connectivity index (χ0n) is 25.1. The molecular formula is C31H68N4O2. The number of hydrogen-bond acceptors (Lipinski definition) is 6. The van der Waals surface area contributed by atoms with Gasteiger partial charge in [0.05, 0.1) is 12.2 Å². The average Bonchev–Trinajstić information content (AvgIpc) is 2.89. The van der Waals surface area contributed by atoms with Gasteiger partial charge in [0, 0.05) is 19.6 Å². The Kier molecular flexibility index (Phi) is 31.8. The number of rotatable bonds is 32. The summed E-state index contributed by atoms with van der Waals surface area (Å²) in [5.41, 5.74) is 0. The second-order valence-corrected chi connectivity index (χ2v) is 11.0. The molecule has 0 aliphatic rings. The molecule has 224 valence electrons. The first-order chi connectivity index (χ1) is 18.2. The van der Waals surface area contributed by atoms with Crippen molar-refractivity contribution in [1.29, 1.82) is 0 Å². The van der Waals surface area contributed by atoms with Crippen LogP contribution in [0.2, 0.25) is 0 Å². The summed E-state index contributed by atoms with van der Waals surface area (Å²) in [5.74, 6) is 0. The Hall–Kier alpha value is -0.240. The molecule has 0 heterocycles. The molecule has 2 unspecified atom stereocenters. The fraction of sp³-hybridized carbons (Fsp3) is 1.00. The monoisotopic (exact) mass is 529 g/mol. The number of hydrogen-bond donors (Lipinski definition) is 6. The Bertz CT molecular complexity index is 379. The zero-order valence-corrected chi connectivity index (χ0v) is 25.1. The molecule has 0 rings (SSSR count). The number of aliphatic hydroxyl groups is 2. The summed E-state index contributed by atoms with van der Waals surface area (Å²) in [5, 5.41) is 34.0. The van der Waals surface area contributed by atoms with Crippen LogP contribution >= 0.6 is 0 Å². The van der Waals surface area contributed by atoms with E-state index in [0.29, 0.717) is 6.54 Å². The fourth-order valence-corrected chi connectivity index (χ4v) is 4.76. The largest absolute Gasteiger partial charge is 0.393 e. The van der Waals surface area contributed by atoms with Crippen LogP contribution in [0.3, 0.4) is 0 Å². The predicted molar refractivity (Wildman–Crippen MR) is 163 cm³/mol. The molecule has 0 aromatic heterocycles. The molecule has 0 bridgehead atoms. The van der Waals surface area contributed by atoms with E-state index in [1.54, 1.807) is 0 Å². The van der Waals surface area contributed by atoms with Gasteiger partial charge in [0.25, 0.3) is 0 Å². The lowest BCUT2D eigenvalue weighted by Crippen LogP contribution is -2.33. The third-order valence-corrected chi connectivity index (χ3v) is 7.24. The van der Waals surface area contributed by atoms with Crippen molar-refractivity contribution in [2.75, 3.05) is 52.4 Å². The highest BCUT2D eigenvalue weighted by Crippen LogP contribution is 2.12. The van der Waals surface area contributed by atoms with Gasteiger partial charge in [-0.15, -0.1) is 0 Å². The highest BCUT2D eigenvalue weighted by atomic mass is 16.3. The fourth-order valence-electron chi connectivity index (χ4n) is 4.76. The van der Waals surface area contributed by atoms with Crippen LogP contribution in [0.1, 0.15) is 136 Å². The van der Waals surface area contributed by atoms with Gasteiger partial charge in [-0.25, -0.2) is 0 Å². The minimum absolute atomic E-state index is 0.106. The van der Waals surface area contributed by atoms with E-state index in [9.17, 15) is 10.2 Å². The van der Waals surface area contributed by atoms with E-state index in [4.69, 9.17) is 0 Å². The normalized spacial score (nSPS) is 13.3. The van der Waals surface area contributed by atoms with E-state index in [1.165, 1.54) is 77.0 Å². The van der Waals surface area contributed by atoms with E-state index >= 15 is 0 Å². The lowest BCUT2D eigenvalue weighted by atomic mass is 10.0. The maximum Gasteiger partial charge on any atom is 0.0664 e. The van der Waals surface area contributed by atoms with Crippen LogP contribution in [0, 0.1) is 0 Å². The van der Waals surface area contributed by atoms with Crippen LogP contribution in [-0.2, 0) is 0 Å². The molecule has 0 fully saturated rings. The highest BCUT2D eigenvalue weighted by Gasteiger charge is 2.04. The molecule has 2 atom stereocenters. The van der Waals surface area contributed by atoms with Crippen molar-refractivity contribution in [1.82, 2.24) is 21.3 Å². The maximum atomic E-state index is 10.1. The average molecular weight is 529 g/mol. The lowest BCUT2D eigenvalue weighted by molar-refractivity contribution is 0.147. The summed E-state index contributed by atoms with van der Waals surface area (Å²) >= 11 is 0. The number of nitrogens with one attached hydrogen (secondary N) is 4. The molecule has 0 saturated carbocycles. The van der Waals surface area contributed by atoms with E-state index in [-0.39, 0.29) is 12.2 Å². The molecule has 6 nitrogen and oxygen atoms in total. The van der Waals surface area contributed by atoms with E-state index in [0.717, 1.165) is 90.8 Å². The summed E-state index contributed by atoms with van der Waals surface area (Å²) in [6.07, 6.45) is 22.8. The zero-order chi connectivity index (χ0) is 27.1. The Morgan fingerprint density at radius 2 is 0.838 bits per heavy atom. The van der Waals surface area contributed by atoms with Crippen LogP contribution in [0.4, 0.5) is 0 Å². The van der Waals surface area contributed by atoms with Gasteiger partial charge in [-0.2, -0.15) is 0 Å². The van der Waals surface area contributed by atoms with E-state index in [1.807, 2.05) is 0 Å². The second-order valence-electron chi connectivity index (χ2n) is 11.0. The molecular weight excluding hydrogens is 460 g/mol. The Balaban J connectivity index is 3.20. The molecule has 0 radical (unpaired) electrons. The van der Waals surface area contributed by atoms with Crippen LogP contribution in [0.5, 0.6) is 0 Å². The second kappa shape index (κ2) is 32.0. The first-order valence-corrected chi connectivity index (χ1v) is 16.4. The minimum atomic E-state index is -0.200.